The zero-order valence-electron chi connectivity index (χ0n) is 9.37. The van der Waals surface area contributed by atoms with Gasteiger partial charge in [0.25, 0.3) is 0 Å². The number of amides is 1. The maximum Gasteiger partial charge on any atom is 0.224 e. The smallest absolute Gasteiger partial charge is 0.224 e. The number of aryl methyl sites for hydroxylation is 2. The van der Waals surface area contributed by atoms with Crippen molar-refractivity contribution in [3.05, 3.63) is 29.3 Å². The number of carbonyl (C=O) groups excluding carboxylic acids is 2. The molecule has 0 radical (unpaired) electrons. The summed E-state index contributed by atoms with van der Waals surface area (Å²) in [5, 5.41) is 12.8. The van der Waals surface area contributed by atoms with E-state index in [1.807, 2.05) is 32.0 Å². The van der Waals surface area contributed by atoms with Crippen molar-refractivity contribution < 1.29 is 14.7 Å². The summed E-state index contributed by atoms with van der Waals surface area (Å²) in [5.74, 6) is -1.52. The molecule has 0 bridgehead atoms. The summed E-state index contributed by atoms with van der Waals surface area (Å²) in [5.41, 5.74) is 2.80. The summed E-state index contributed by atoms with van der Waals surface area (Å²) < 4.78 is 0. The molecular weight excluding hydrogens is 206 g/mol. The van der Waals surface area contributed by atoms with Crippen molar-refractivity contribution in [3.8, 4) is 0 Å². The summed E-state index contributed by atoms with van der Waals surface area (Å²) in [7, 11) is 0. The van der Waals surface area contributed by atoms with Gasteiger partial charge in [-0.05, 0) is 43.5 Å². The van der Waals surface area contributed by atoms with E-state index < -0.39 is 5.97 Å². The van der Waals surface area contributed by atoms with Gasteiger partial charge in [-0.2, -0.15) is 0 Å². The molecule has 1 aromatic rings. The number of hydrogen-bond acceptors (Lipinski definition) is 3. The molecule has 4 nitrogen and oxygen atoms in total. The first-order valence-electron chi connectivity index (χ1n) is 5.05. The van der Waals surface area contributed by atoms with Crippen LogP contribution in [0.15, 0.2) is 18.2 Å². The number of aliphatic carboxylic acids is 1. The Labute approximate surface area is 94.3 Å². The van der Waals surface area contributed by atoms with Crippen molar-refractivity contribution in [2.24, 2.45) is 0 Å². The van der Waals surface area contributed by atoms with E-state index in [9.17, 15) is 14.7 Å². The number of carboxylic acids is 1. The topological polar surface area (TPSA) is 69.2 Å². The van der Waals surface area contributed by atoms with E-state index in [0.717, 1.165) is 11.1 Å². The Morgan fingerprint density at radius 1 is 1.12 bits per heavy atom. The van der Waals surface area contributed by atoms with E-state index in [1.54, 1.807) is 0 Å². The highest BCUT2D eigenvalue weighted by Gasteiger charge is 2.03. The summed E-state index contributed by atoms with van der Waals surface area (Å²) in [6.07, 6.45) is -0.314. The molecule has 1 aromatic carbocycles. The lowest BCUT2D eigenvalue weighted by Crippen LogP contribution is -2.24. The van der Waals surface area contributed by atoms with Crippen LogP contribution >= 0.6 is 0 Å². The molecule has 16 heavy (non-hydrogen) atoms. The third kappa shape index (κ3) is 4.13. The highest BCUT2D eigenvalue weighted by molar-refractivity contribution is 5.92. The van der Waals surface area contributed by atoms with Crippen LogP contribution in [0, 0.1) is 13.8 Å². The van der Waals surface area contributed by atoms with Crippen LogP contribution < -0.4 is 10.4 Å². The lowest BCUT2D eigenvalue weighted by atomic mass is 10.1. The normalized spacial score (nSPS) is 9.88. The number of anilines is 1. The monoisotopic (exact) mass is 220 g/mol. The zero-order valence-corrected chi connectivity index (χ0v) is 9.37. The molecule has 0 atom stereocenters. The SMILES string of the molecule is Cc1cc(C)cc(NC(=O)CCC(=O)[O-])c1. The minimum atomic E-state index is -1.21. The Bertz CT molecular complexity index is 392. The van der Waals surface area contributed by atoms with E-state index >= 15 is 0 Å². The third-order valence-corrected chi connectivity index (χ3v) is 2.06. The second kappa shape index (κ2) is 5.30. The first kappa shape index (κ1) is 12.2. The van der Waals surface area contributed by atoms with Crippen molar-refractivity contribution in [1.29, 1.82) is 0 Å². The highest BCUT2D eigenvalue weighted by atomic mass is 16.4. The van der Waals surface area contributed by atoms with Crippen LogP contribution in [0.25, 0.3) is 0 Å². The second-order valence-corrected chi connectivity index (χ2v) is 3.80. The van der Waals surface area contributed by atoms with Crippen molar-refractivity contribution in [2.45, 2.75) is 26.7 Å². The van der Waals surface area contributed by atoms with Crippen LogP contribution in [0.1, 0.15) is 24.0 Å². The molecule has 1 amide bonds. The number of benzene rings is 1. The molecule has 0 aliphatic rings. The molecule has 0 aliphatic heterocycles. The molecule has 0 saturated carbocycles. The average Bonchev–Trinajstić information content (AvgIpc) is 2.12. The van der Waals surface area contributed by atoms with Gasteiger partial charge in [-0.15, -0.1) is 0 Å². The highest BCUT2D eigenvalue weighted by Crippen LogP contribution is 2.13. The molecule has 0 fully saturated rings. The molecular formula is C12H14NO3-. The minimum Gasteiger partial charge on any atom is -0.550 e. The van der Waals surface area contributed by atoms with Crippen LogP contribution in [0.4, 0.5) is 5.69 Å². The molecule has 0 heterocycles. The van der Waals surface area contributed by atoms with Gasteiger partial charge in [0.15, 0.2) is 0 Å². The van der Waals surface area contributed by atoms with Gasteiger partial charge in [-0.3, -0.25) is 4.79 Å². The van der Waals surface area contributed by atoms with Gasteiger partial charge in [0, 0.05) is 18.1 Å². The lowest BCUT2D eigenvalue weighted by Gasteiger charge is -2.07. The van der Waals surface area contributed by atoms with Crippen LogP contribution in [0.3, 0.4) is 0 Å². The zero-order chi connectivity index (χ0) is 12.1. The molecule has 4 heteroatoms. The summed E-state index contributed by atoms with van der Waals surface area (Å²) in [4.78, 5) is 21.5. The van der Waals surface area contributed by atoms with E-state index in [2.05, 4.69) is 5.32 Å². The lowest BCUT2D eigenvalue weighted by molar-refractivity contribution is -0.305. The van der Waals surface area contributed by atoms with Crippen LogP contribution in [0.5, 0.6) is 0 Å². The Kier molecular flexibility index (Phi) is 4.05. The number of rotatable bonds is 4. The quantitative estimate of drug-likeness (QED) is 0.814. The Morgan fingerprint density at radius 3 is 2.19 bits per heavy atom. The van der Waals surface area contributed by atoms with Crippen molar-refractivity contribution >= 4 is 17.6 Å². The minimum absolute atomic E-state index is 0.0602. The van der Waals surface area contributed by atoms with Crippen molar-refractivity contribution in [1.82, 2.24) is 0 Å². The van der Waals surface area contributed by atoms with Gasteiger partial charge in [0.1, 0.15) is 0 Å². The van der Waals surface area contributed by atoms with Crippen molar-refractivity contribution in [3.63, 3.8) is 0 Å². The van der Waals surface area contributed by atoms with E-state index in [0.29, 0.717) is 5.69 Å². The molecule has 0 spiro atoms. The van der Waals surface area contributed by atoms with E-state index in [4.69, 9.17) is 0 Å². The number of hydrogen-bond donors (Lipinski definition) is 1. The summed E-state index contributed by atoms with van der Waals surface area (Å²) in [6, 6.07) is 5.67. The summed E-state index contributed by atoms with van der Waals surface area (Å²) in [6.45, 7) is 3.87. The first-order chi connectivity index (χ1) is 7.47. The number of carboxylic acid groups (broad SMARTS) is 1. The molecule has 86 valence electrons. The van der Waals surface area contributed by atoms with Gasteiger partial charge >= 0.3 is 0 Å². The molecule has 0 saturated heterocycles. The second-order valence-electron chi connectivity index (χ2n) is 3.80. The molecule has 0 aromatic heterocycles. The van der Waals surface area contributed by atoms with E-state index in [-0.39, 0.29) is 18.7 Å². The predicted octanol–water partition coefficient (Wildman–Crippen LogP) is 0.772. The summed E-state index contributed by atoms with van der Waals surface area (Å²) >= 11 is 0. The van der Waals surface area contributed by atoms with Gasteiger partial charge in [-0.25, -0.2) is 0 Å². The fourth-order valence-corrected chi connectivity index (χ4v) is 1.49. The average molecular weight is 220 g/mol. The van der Waals surface area contributed by atoms with Crippen molar-refractivity contribution in [2.75, 3.05) is 5.32 Å². The fraction of sp³-hybridized carbons (Fsp3) is 0.333. The largest absolute Gasteiger partial charge is 0.550 e. The van der Waals surface area contributed by atoms with Crippen LogP contribution in [-0.4, -0.2) is 11.9 Å². The molecule has 1 N–H and O–H groups in total. The Balaban J connectivity index is 2.59. The van der Waals surface area contributed by atoms with Gasteiger partial charge in [0.05, 0.1) is 0 Å². The maximum absolute atomic E-state index is 11.3. The maximum atomic E-state index is 11.3. The Hall–Kier alpha value is -1.84. The molecule has 1 rings (SSSR count). The predicted molar refractivity (Wildman–Crippen MR) is 58.8 cm³/mol. The number of carbonyl (C=O) groups is 2. The standard InChI is InChI=1S/C12H15NO3/c1-8-5-9(2)7-10(6-8)13-11(14)3-4-12(15)16/h5-7H,3-4H2,1-2H3,(H,13,14)(H,15,16)/p-1. The van der Waals surface area contributed by atoms with Crippen LogP contribution in [-0.2, 0) is 9.59 Å². The van der Waals surface area contributed by atoms with Crippen LogP contribution in [0.2, 0.25) is 0 Å². The van der Waals surface area contributed by atoms with Gasteiger partial charge < -0.3 is 15.2 Å². The molecule has 0 unspecified atom stereocenters. The fourth-order valence-electron chi connectivity index (χ4n) is 1.49. The number of nitrogens with one attached hydrogen (secondary N) is 1. The first-order valence-corrected chi connectivity index (χ1v) is 5.05. The van der Waals surface area contributed by atoms with Gasteiger partial charge in [0.2, 0.25) is 5.91 Å². The van der Waals surface area contributed by atoms with E-state index in [1.165, 1.54) is 0 Å². The Morgan fingerprint density at radius 2 is 1.69 bits per heavy atom. The van der Waals surface area contributed by atoms with Gasteiger partial charge in [-0.1, -0.05) is 6.07 Å². The molecule has 0 aliphatic carbocycles. The third-order valence-electron chi connectivity index (χ3n) is 2.06.